The first-order valence-corrected chi connectivity index (χ1v) is 5.88. The molecule has 0 aliphatic carbocycles. The van der Waals surface area contributed by atoms with Crippen molar-refractivity contribution in [2.24, 2.45) is 5.92 Å². The van der Waals surface area contributed by atoms with Crippen molar-refractivity contribution in [2.45, 2.75) is 65.2 Å². The van der Waals surface area contributed by atoms with E-state index in [-0.39, 0.29) is 0 Å². The topological polar surface area (TPSA) is 37.3 Å². The SMILES string of the molecule is CCCCCC(C)CCCCC(=O)O. The zero-order valence-electron chi connectivity index (χ0n) is 9.59. The first-order chi connectivity index (χ1) is 6.66. The Morgan fingerprint density at radius 2 is 1.71 bits per heavy atom. The second-order valence-electron chi connectivity index (χ2n) is 4.24. The highest BCUT2D eigenvalue weighted by molar-refractivity contribution is 5.66. The molecule has 84 valence electrons. The molecule has 0 saturated heterocycles. The summed E-state index contributed by atoms with van der Waals surface area (Å²) in [5.41, 5.74) is 0. The Balaban J connectivity index is 3.18. The highest BCUT2D eigenvalue weighted by Crippen LogP contribution is 2.16. The Morgan fingerprint density at radius 3 is 2.21 bits per heavy atom. The molecule has 1 atom stereocenters. The van der Waals surface area contributed by atoms with Crippen molar-refractivity contribution in [3.8, 4) is 0 Å². The van der Waals surface area contributed by atoms with Crippen LogP contribution >= 0.6 is 0 Å². The molecule has 0 radical (unpaired) electrons. The van der Waals surface area contributed by atoms with Crippen LogP contribution in [-0.4, -0.2) is 11.1 Å². The summed E-state index contributed by atoms with van der Waals surface area (Å²) in [6, 6.07) is 0. The van der Waals surface area contributed by atoms with E-state index in [0.29, 0.717) is 6.42 Å². The van der Waals surface area contributed by atoms with E-state index >= 15 is 0 Å². The van der Waals surface area contributed by atoms with Gasteiger partial charge in [-0.2, -0.15) is 0 Å². The van der Waals surface area contributed by atoms with Crippen LogP contribution in [0.25, 0.3) is 0 Å². The predicted molar refractivity (Wildman–Crippen MR) is 59.4 cm³/mol. The summed E-state index contributed by atoms with van der Waals surface area (Å²) in [5.74, 6) is 0.110. The molecule has 0 aromatic rings. The van der Waals surface area contributed by atoms with Gasteiger partial charge in [-0.1, -0.05) is 52.4 Å². The number of carboxylic acid groups (broad SMARTS) is 1. The van der Waals surface area contributed by atoms with Crippen LogP contribution in [-0.2, 0) is 4.79 Å². The third-order valence-corrected chi connectivity index (χ3v) is 2.64. The van der Waals surface area contributed by atoms with E-state index in [4.69, 9.17) is 5.11 Å². The summed E-state index contributed by atoms with van der Waals surface area (Å²) in [5, 5.41) is 8.45. The van der Waals surface area contributed by atoms with Crippen LogP contribution in [0.5, 0.6) is 0 Å². The summed E-state index contributed by atoms with van der Waals surface area (Å²) in [6.45, 7) is 4.49. The molecule has 0 aromatic heterocycles. The lowest BCUT2D eigenvalue weighted by atomic mass is 9.97. The van der Waals surface area contributed by atoms with Gasteiger partial charge >= 0.3 is 5.97 Å². The standard InChI is InChI=1S/C12H24O2/c1-3-4-5-8-11(2)9-6-7-10-12(13)14/h11H,3-10H2,1-2H3,(H,13,14). The monoisotopic (exact) mass is 200 g/mol. The lowest BCUT2D eigenvalue weighted by molar-refractivity contribution is -0.137. The minimum atomic E-state index is -0.663. The van der Waals surface area contributed by atoms with Crippen LogP contribution < -0.4 is 0 Å². The Labute approximate surface area is 87.7 Å². The van der Waals surface area contributed by atoms with Gasteiger partial charge in [0.15, 0.2) is 0 Å². The van der Waals surface area contributed by atoms with Gasteiger partial charge in [0.05, 0.1) is 0 Å². The number of hydrogen-bond acceptors (Lipinski definition) is 1. The zero-order valence-corrected chi connectivity index (χ0v) is 9.59. The van der Waals surface area contributed by atoms with Crippen molar-refractivity contribution in [1.82, 2.24) is 0 Å². The average molecular weight is 200 g/mol. The first-order valence-electron chi connectivity index (χ1n) is 5.88. The maximum Gasteiger partial charge on any atom is 0.303 e. The maximum absolute atomic E-state index is 10.3. The summed E-state index contributed by atoms with van der Waals surface area (Å²) >= 11 is 0. The molecule has 0 spiro atoms. The molecule has 2 heteroatoms. The molecule has 0 rings (SSSR count). The molecular weight excluding hydrogens is 176 g/mol. The van der Waals surface area contributed by atoms with E-state index in [2.05, 4.69) is 13.8 Å². The molecule has 0 amide bonds. The van der Waals surface area contributed by atoms with Crippen molar-refractivity contribution in [1.29, 1.82) is 0 Å². The van der Waals surface area contributed by atoms with Gasteiger partial charge in [-0.25, -0.2) is 0 Å². The van der Waals surface area contributed by atoms with E-state index in [1.54, 1.807) is 0 Å². The van der Waals surface area contributed by atoms with E-state index in [9.17, 15) is 4.79 Å². The van der Waals surface area contributed by atoms with Gasteiger partial charge in [0.1, 0.15) is 0 Å². The van der Waals surface area contributed by atoms with E-state index in [1.165, 1.54) is 32.1 Å². The van der Waals surface area contributed by atoms with Crippen molar-refractivity contribution >= 4 is 5.97 Å². The van der Waals surface area contributed by atoms with E-state index in [0.717, 1.165) is 18.8 Å². The van der Waals surface area contributed by atoms with Gasteiger partial charge in [0, 0.05) is 6.42 Å². The van der Waals surface area contributed by atoms with Crippen molar-refractivity contribution in [3.63, 3.8) is 0 Å². The van der Waals surface area contributed by atoms with Crippen LogP contribution in [0.2, 0.25) is 0 Å². The number of unbranched alkanes of at least 4 members (excludes halogenated alkanes) is 3. The Morgan fingerprint density at radius 1 is 1.14 bits per heavy atom. The summed E-state index contributed by atoms with van der Waals surface area (Å²) < 4.78 is 0. The van der Waals surface area contributed by atoms with Crippen LogP contribution in [0.1, 0.15) is 65.2 Å². The van der Waals surface area contributed by atoms with Crippen molar-refractivity contribution in [3.05, 3.63) is 0 Å². The third-order valence-electron chi connectivity index (χ3n) is 2.64. The second-order valence-corrected chi connectivity index (χ2v) is 4.24. The van der Waals surface area contributed by atoms with Crippen molar-refractivity contribution in [2.75, 3.05) is 0 Å². The molecular formula is C12H24O2. The first kappa shape index (κ1) is 13.5. The minimum absolute atomic E-state index is 0.335. The molecule has 1 N–H and O–H groups in total. The quantitative estimate of drug-likeness (QED) is 0.574. The largest absolute Gasteiger partial charge is 0.481 e. The van der Waals surface area contributed by atoms with Crippen LogP contribution in [0.15, 0.2) is 0 Å². The normalized spacial score (nSPS) is 12.7. The highest BCUT2D eigenvalue weighted by Gasteiger charge is 2.02. The summed E-state index contributed by atoms with van der Waals surface area (Å²) in [7, 11) is 0. The molecule has 1 unspecified atom stereocenters. The number of carboxylic acids is 1. The molecule has 0 bridgehead atoms. The van der Waals surface area contributed by atoms with Crippen LogP contribution in [0.3, 0.4) is 0 Å². The zero-order chi connectivity index (χ0) is 10.8. The van der Waals surface area contributed by atoms with Crippen LogP contribution in [0.4, 0.5) is 0 Å². The molecule has 0 aliphatic heterocycles. The number of aliphatic carboxylic acids is 1. The molecule has 0 aromatic carbocycles. The van der Waals surface area contributed by atoms with Gasteiger partial charge in [0.2, 0.25) is 0 Å². The molecule has 0 heterocycles. The molecule has 0 saturated carbocycles. The number of rotatable bonds is 9. The van der Waals surface area contributed by atoms with Gasteiger partial charge in [0.25, 0.3) is 0 Å². The summed E-state index contributed by atoms with van der Waals surface area (Å²) in [6.07, 6.45) is 8.69. The average Bonchev–Trinajstić information content (AvgIpc) is 2.13. The molecule has 2 nitrogen and oxygen atoms in total. The van der Waals surface area contributed by atoms with Gasteiger partial charge in [-0.15, -0.1) is 0 Å². The lowest BCUT2D eigenvalue weighted by Gasteiger charge is -2.09. The predicted octanol–water partition coefficient (Wildman–Crippen LogP) is 3.85. The Bertz CT molecular complexity index is 143. The second kappa shape index (κ2) is 9.04. The van der Waals surface area contributed by atoms with Crippen LogP contribution in [0, 0.1) is 5.92 Å². The van der Waals surface area contributed by atoms with E-state index in [1.807, 2.05) is 0 Å². The fraction of sp³-hybridized carbons (Fsp3) is 0.917. The van der Waals surface area contributed by atoms with Gasteiger partial charge in [-0.05, 0) is 12.3 Å². The molecule has 0 fully saturated rings. The smallest absolute Gasteiger partial charge is 0.303 e. The van der Waals surface area contributed by atoms with Gasteiger partial charge in [-0.3, -0.25) is 4.79 Å². The lowest BCUT2D eigenvalue weighted by Crippen LogP contribution is -1.97. The highest BCUT2D eigenvalue weighted by atomic mass is 16.4. The van der Waals surface area contributed by atoms with Gasteiger partial charge < -0.3 is 5.11 Å². The molecule has 14 heavy (non-hydrogen) atoms. The van der Waals surface area contributed by atoms with Crippen molar-refractivity contribution < 1.29 is 9.90 Å². The van der Waals surface area contributed by atoms with E-state index < -0.39 is 5.97 Å². The fourth-order valence-electron chi connectivity index (χ4n) is 1.66. The Hall–Kier alpha value is -0.530. The Kier molecular flexibility index (Phi) is 8.70. The fourth-order valence-corrected chi connectivity index (χ4v) is 1.66. The molecule has 0 aliphatic rings. The third kappa shape index (κ3) is 9.56. The number of hydrogen-bond donors (Lipinski definition) is 1. The minimum Gasteiger partial charge on any atom is -0.481 e. The maximum atomic E-state index is 10.3. The summed E-state index contributed by atoms with van der Waals surface area (Å²) in [4.78, 5) is 10.3. The number of carbonyl (C=O) groups is 1.